The number of hydrogen-bond acceptors (Lipinski definition) is 4. The minimum Gasteiger partial charge on any atom is -0.399 e. The van der Waals surface area contributed by atoms with Crippen LogP contribution in [0.5, 0.6) is 0 Å². The van der Waals surface area contributed by atoms with Crippen LogP contribution in [0.3, 0.4) is 0 Å². The van der Waals surface area contributed by atoms with Crippen LogP contribution in [0, 0.1) is 5.82 Å². The molecule has 9 heteroatoms. The largest absolute Gasteiger partial charge is 0.498 e. The van der Waals surface area contributed by atoms with E-state index in [1.807, 2.05) is 38.6 Å². The molecule has 160 valence electrons. The van der Waals surface area contributed by atoms with Gasteiger partial charge in [-0.1, -0.05) is 12.1 Å². The summed E-state index contributed by atoms with van der Waals surface area (Å²) in [6.07, 6.45) is 5.31. The van der Waals surface area contributed by atoms with Gasteiger partial charge in [0.05, 0.1) is 22.9 Å². The summed E-state index contributed by atoms with van der Waals surface area (Å²) in [4.78, 5) is 14.2. The van der Waals surface area contributed by atoms with Crippen LogP contribution >= 0.6 is 0 Å². The maximum absolute atomic E-state index is 13.8. The fourth-order valence-electron chi connectivity index (χ4n) is 3.74. The van der Waals surface area contributed by atoms with Gasteiger partial charge in [-0.2, -0.15) is 5.10 Å². The van der Waals surface area contributed by atoms with Gasteiger partial charge in [-0.25, -0.2) is 9.18 Å². The van der Waals surface area contributed by atoms with Crippen molar-refractivity contribution in [2.24, 2.45) is 0 Å². The summed E-state index contributed by atoms with van der Waals surface area (Å²) >= 11 is 0. The SMILES string of the molecule is CC1(C)OB(c2cnn(C3CCN(C(=O)Nc4ccccc4F)CC3)c2)OC1(C)C. The molecule has 1 aromatic carbocycles. The van der Waals surface area contributed by atoms with Crippen molar-refractivity contribution in [3.63, 3.8) is 0 Å². The quantitative estimate of drug-likeness (QED) is 0.784. The maximum atomic E-state index is 13.8. The summed E-state index contributed by atoms with van der Waals surface area (Å²) < 4.78 is 27.9. The lowest BCUT2D eigenvalue weighted by atomic mass is 9.82. The van der Waals surface area contributed by atoms with Crippen molar-refractivity contribution < 1.29 is 18.5 Å². The van der Waals surface area contributed by atoms with Crippen LogP contribution in [0.25, 0.3) is 0 Å². The number of halogens is 1. The van der Waals surface area contributed by atoms with Crippen molar-refractivity contribution in [3.8, 4) is 0 Å². The van der Waals surface area contributed by atoms with Gasteiger partial charge in [0, 0.05) is 30.9 Å². The molecule has 2 saturated heterocycles. The predicted octanol–water partition coefficient (Wildman–Crippen LogP) is 3.19. The van der Waals surface area contributed by atoms with E-state index in [1.165, 1.54) is 6.07 Å². The number of piperidine rings is 1. The topological polar surface area (TPSA) is 68.6 Å². The smallest absolute Gasteiger partial charge is 0.399 e. The average Bonchev–Trinajstić information content (AvgIpc) is 3.26. The second-order valence-electron chi connectivity index (χ2n) is 8.97. The third-order valence-electron chi connectivity index (χ3n) is 6.39. The van der Waals surface area contributed by atoms with E-state index in [1.54, 1.807) is 29.3 Å². The molecule has 0 aliphatic carbocycles. The van der Waals surface area contributed by atoms with Crippen LogP contribution in [-0.4, -0.2) is 52.1 Å². The Kier molecular flexibility index (Phi) is 5.36. The molecule has 0 unspecified atom stereocenters. The van der Waals surface area contributed by atoms with Crippen LogP contribution < -0.4 is 10.8 Å². The highest BCUT2D eigenvalue weighted by Crippen LogP contribution is 2.36. The number of carbonyl (C=O) groups is 1. The highest BCUT2D eigenvalue weighted by atomic mass is 19.1. The predicted molar refractivity (Wildman–Crippen MR) is 113 cm³/mol. The van der Waals surface area contributed by atoms with E-state index < -0.39 is 24.1 Å². The molecule has 3 heterocycles. The van der Waals surface area contributed by atoms with E-state index >= 15 is 0 Å². The highest BCUT2D eigenvalue weighted by molar-refractivity contribution is 6.62. The van der Waals surface area contributed by atoms with E-state index in [4.69, 9.17) is 9.31 Å². The number of carbonyl (C=O) groups excluding carboxylic acids is 1. The number of anilines is 1. The van der Waals surface area contributed by atoms with Gasteiger partial charge < -0.3 is 19.5 Å². The number of likely N-dealkylation sites (tertiary alicyclic amines) is 1. The zero-order valence-corrected chi connectivity index (χ0v) is 17.9. The molecular formula is C21H28BFN4O3. The van der Waals surface area contributed by atoms with Crippen LogP contribution in [0.15, 0.2) is 36.7 Å². The van der Waals surface area contributed by atoms with Gasteiger partial charge in [-0.05, 0) is 52.7 Å². The van der Waals surface area contributed by atoms with Gasteiger partial charge in [-0.15, -0.1) is 0 Å². The Bertz CT molecular complexity index is 908. The fourth-order valence-corrected chi connectivity index (χ4v) is 3.74. The third kappa shape index (κ3) is 3.96. The Morgan fingerprint density at radius 3 is 2.43 bits per heavy atom. The number of urea groups is 1. The monoisotopic (exact) mass is 414 g/mol. The number of nitrogens with zero attached hydrogens (tertiary/aromatic N) is 3. The lowest BCUT2D eigenvalue weighted by Crippen LogP contribution is -2.41. The van der Waals surface area contributed by atoms with Gasteiger partial charge in [-0.3, -0.25) is 4.68 Å². The molecule has 2 aromatic rings. The molecule has 0 radical (unpaired) electrons. The van der Waals surface area contributed by atoms with E-state index in [-0.39, 0.29) is 17.8 Å². The summed E-state index contributed by atoms with van der Waals surface area (Å²) in [7, 11) is -0.435. The lowest BCUT2D eigenvalue weighted by Gasteiger charge is -2.32. The standard InChI is InChI=1S/C21H28BFN4O3/c1-20(2)21(3,4)30-22(29-20)15-13-24-27(14-15)16-9-11-26(12-10-16)19(28)25-18-8-6-5-7-17(18)23/h5-8,13-14,16H,9-12H2,1-4H3,(H,25,28). The molecule has 4 rings (SSSR count). The molecule has 0 bridgehead atoms. The minimum absolute atomic E-state index is 0.193. The summed E-state index contributed by atoms with van der Waals surface area (Å²) in [5, 5.41) is 7.16. The van der Waals surface area contributed by atoms with Gasteiger partial charge in [0.15, 0.2) is 0 Å². The maximum Gasteiger partial charge on any atom is 0.498 e. The van der Waals surface area contributed by atoms with E-state index in [0.717, 1.165) is 18.3 Å². The molecule has 2 fully saturated rings. The zero-order valence-electron chi connectivity index (χ0n) is 17.9. The molecule has 7 nitrogen and oxygen atoms in total. The van der Waals surface area contributed by atoms with Crippen LogP contribution in [0.2, 0.25) is 0 Å². The summed E-state index contributed by atoms with van der Waals surface area (Å²) in [5.74, 6) is -0.437. The van der Waals surface area contributed by atoms with E-state index in [9.17, 15) is 9.18 Å². The molecule has 2 aliphatic heterocycles. The van der Waals surface area contributed by atoms with E-state index in [2.05, 4.69) is 10.4 Å². The van der Waals surface area contributed by atoms with Crippen molar-refractivity contribution in [1.82, 2.24) is 14.7 Å². The minimum atomic E-state index is -0.437. The molecular weight excluding hydrogens is 386 g/mol. The highest BCUT2D eigenvalue weighted by Gasteiger charge is 2.52. The fraction of sp³-hybridized carbons (Fsp3) is 0.524. The Balaban J connectivity index is 1.34. The Labute approximate surface area is 176 Å². The lowest BCUT2D eigenvalue weighted by molar-refractivity contribution is 0.00578. The van der Waals surface area contributed by atoms with Gasteiger partial charge >= 0.3 is 13.1 Å². The summed E-state index contributed by atoms with van der Waals surface area (Å²) in [6.45, 7) is 9.27. The number of amides is 2. The molecule has 0 atom stereocenters. The van der Waals surface area contributed by atoms with Crippen LogP contribution in [0.1, 0.15) is 46.6 Å². The van der Waals surface area contributed by atoms with Crippen LogP contribution in [0.4, 0.5) is 14.9 Å². The molecule has 30 heavy (non-hydrogen) atoms. The summed E-state index contributed by atoms with van der Waals surface area (Å²) in [5.41, 5.74) is 0.310. The molecule has 0 spiro atoms. The first kappa shape index (κ1) is 20.9. The number of nitrogens with one attached hydrogen (secondary N) is 1. The normalized spacial score (nSPS) is 21.1. The van der Waals surface area contributed by atoms with Crippen molar-refractivity contribution in [2.45, 2.75) is 57.8 Å². The number of aromatic nitrogens is 2. The van der Waals surface area contributed by atoms with Crippen molar-refractivity contribution in [3.05, 3.63) is 42.5 Å². The first-order chi connectivity index (χ1) is 14.2. The number of para-hydroxylation sites is 1. The number of hydrogen-bond donors (Lipinski definition) is 1. The summed E-state index contributed by atoms with van der Waals surface area (Å²) in [6, 6.07) is 6.09. The van der Waals surface area contributed by atoms with Crippen molar-refractivity contribution in [2.75, 3.05) is 18.4 Å². The second-order valence-corrected chi connectivity index (χ2v) is 8.97. The third-order valence-corrected chi connectivity index (χ3v) is 6.39. The first-order valence-electron chi connectivity index (χ1n) is 10.4. The first-order valence-corrected chi connectivity index (χ1v) is 10.4. The van der Waals surface area contributed by atoms with Crippen molar-refractivity contribution >= 4 is 24.3 Å². The zero-order chi connectivity index (χ0) is 21.5. The Hall–Kier alpha value is -2.39. The molecule has 2 aliphatic rings. The second kappa shape index (κ2) is 7.70. The Morgan fingerprint density at radius 2 is 1.80 bits per heavy atom. The van der Waals surface area contributed by atoms with Gasteiger partial charge in [0.25, 0.3) is 0 Å². The van der Waals surface area contributed by atoms with Gasteiger partial charge in [0.2, 0.25) is 0 Å². The molecule has 2 amide bonds. The molecule has 0 saturated carbocycles. The van der Waals surface area contributed by atoms with Crippen LogP contribution in [-0.2, 0) is 9.31 Å². The number of benzene rings is 1. The van der Waals surface area contributed by atoms with E-state index in [0.29, 0.717) is 13.1 Å². The van der Waals surface area contributed by atoms with Gasteiger partial charge in [0.1, 0.15) is 5.82 Å². The Morgan fingerprint density at radius 1 is 1.17 bits per heavy atom. The average molecular weight is 414 g/mol. The molecule has 1 N–H and O–H groups in total. The number of rotatable bonds is 3. The molecule has 1 aromatic heterocycles. The van der Waals surface area contributed by atoms with Crippen molar-refractivity contribution in [1.29, 1.82) is 0 Å².